The van der Waals surface area contributed by atoms with E-state index in [1.807, 2.05) is 23.1 Å². The molecule has 0 saturated carbocycles. The molecular weight excluding hydrogens is 504 g/mol. The molecule has 1 saturated heterocycles. The zero-order valence-electron chi connectivity index (χ0n) is 20.3. The summed E-state index contributed by atoms with van der Waals surface area (Å²) in [5.74, 6) is 1.58. The molecule has 2 N–H and O–H groups in total. The van der Waals surface area contributed by atoms with Crippen molar-refractivity contribution in [3.63, 3.8) is 0 Å². The third kappa shape index (κ3) is 4.39. The van der Waals surface area contributed by atoms with E-state index in [0.717, 1.165) is 29.5 Å². The number of aromatic nitrogens is 6. The van der Waals surface area contributed by atoms with Gasteiger partial charge in [0, 0.05) is 47.9 Å². The number of hydrogen-bond acceptors (Lipinski definition) is 8. The molecule has 38 heavy (non-hydrogen) atoms. The molecule has 0 bridgehead atoms. The molecule has 4 aromatic heterocycles. The molecular formula is C27H23ClN8O2. The number of pyridine rings is 2. The van der Waals surface area contributed by atoms with Crippen LogP contribution >= 0.6 is 11.6 Å². The molecule has 0 spiro atoms. The highest BCUT2D eigenvalue weighted by atomic mass is 35.5. The minimum absolute atomic E-state index is 0.0495. The maximum absolute atomic E-state index is 12.0. The smallest absolute Gasteiger partial charge is 0.245 e. The number of halogens is 1. The second-order valence-corrected chi connectivity index (χ2v) is 9.43. The van der Waals surface area contributed by atoms with Crippen molar-refractivity contribution in [2.45, 2.75) is 18.8 Å². The monoisotopic (exact) mass is 526 g/mol. The number of carbonyl (C=O) groups excluding carboxylic acids is 1. The number of hydrogen-bond donors (Lipinski definition) is 1. The Labute approximate surface area is 222 Å². The number of anilines is 1. The molecule has 0 radical (unpaired) electrons. The summed E-state index contributed by atoms with van der Waals surface area (Å²) in [7, 11) is 0. The topological polar surface area (TPSA) is 124 Å². The number of nitrogen functional groups attached to an aromatic ring is 1. The van der Waals surface area contributed by atoms with Crippen LogP contribution in [0.4, 0.5) is 5.82 Å². The number of amides is 1. The third-order valence-corrected chi connectivity index (χ3v) is 7.05. The van der Waals surface area contributed by atoms with Crippen LogP contribution in [-0.2, 0) is 4.79 Å². The number of fused-ring (bicyclic) bond motifs is 2. The van der Waals surface area contributed by atoms with Gasteiger partial charge in [0.1, 0.15) is 35.5 Å². The number of carbonyl (C=O) groups is 1. The lowest BCUT2D eigenvalue weighted by molar-refractivity contribution is -0.127. The number of nitrogens with zero attached hydrogens (tertiary/aromatic N) is 7. The quantitative estimate of drug-likeness (QED) is 0.328. The fraction of sp³-hybridized carbons (Fsp3) is 0.185. The molecule has 1 aromatic carbocycles. The normalized spacial score (nSPS) is 14.2. The molecule has 0 unspecified atom stereocenters. The van der Waals surface area contributed by atoms with Crippen molar-refractivity contribution in [1.29, 1.82) is 0 Å². The fourth-order valence-electron chi connectivity index (χ4n) is 4.76. The number of rotatable bonds is 5. The first kappa shape index (κ1) is 23.8. The first-order valence-corrected chi connectivity index (χ1v) is 12.5. The van der Waals surface area contributed by atoms with E-state index in [0.29, 0.717) is 52.3 Å². The zero-order valence-corrected chi connectivity index (χ0v) is 21.0. The molecule has 190 valence electrons. The molecule has 11 heteroatoms. The number of ether oxygens (including phenoxy) is 1. The van der Waals surface area contributed by atoms with Gasteiger partial charge in [0.15, 0.2) is 5.65 Å². The standard InChI is InChI=1S/C27H23ClN8O2/c1-2-24(37)35-8-5-16(6-9-35)21-13-19-26(31-14-32-27(19)29)25(34-21)17-3-4-22(20(28)11-17)38-18-7-10-36-23(12-18)30-15-33-36/h2-4,7,10-16H,1,5-6,8-9H2,(H2,29,31,32). The Morgan fingerprint density at radius 1 is 1.11 bits per heavy atom. The first-order chi connectivity index (χ1) is 18.5. The van der Waals surface area contributed by atoms with Crippen LogP contribution in [0.5, 0.6) is 11.5 Å². The summed E-state index contributed by atoms with van der Waals surface area (Å²) in [6, 6.07) is 11.0. The van der Waals surface area contributed by atoms with Gasteiger partial charge >= 0.3 is 0 Å². The Morgan fingerprint density at radius 3 is 2.74 bits per heavy atom. The third-order valence-electron chi connectivity index (χ3n) is 6.76. The molecule has 5 aromatic rings. The van der Waals surface area contributed by atoms with Crippen LogP contribution in [-0.4, -0.2) is 53.4 Å². The van der Waals surface area contributed by atoms with E-state index in [9.17, 15) is 4.79 Å². The van der Waals surface area contributed by atoms with Crippen LogP contribution < -0.4 is 10.5 Å². The first-order valence-electron chi connectivity index (χ1n) is 12.1. The summed E-state index contributed by atoms with van der Waals surface area (Å²) in [6.45, 7) is 4.88. The molecule has 5 heterocycles. The maximum atomic E-state index is 12.0. The van der Waals surface area contributed by atoms with Gasteiger partial charge in [-0.05, 0) is 49.2 Å². The summed E-state index contributed by atoms with van der Waals surface area (Å²) >= 11 is 6.67. The zero-order chi connectivity index (χ0) is 26.2. The number of nitrogens with two attached hydrogens (primary N) is 1. The molecule has 1 amide bonds. The van der Waals surface area contributed by atoms with E-state index in [4.69, 9.17) is 27.1 Å². The predicted octanol–water partition coefficient (Wildman–Crippen LogP) is 4.65. The molecule has 0 atom stereocenters. The Bertz CT molecular complexity index is 1690. The fourth-order valence-corrected chi connectivity index (χ4v) is 4.97. The minimum Gasteiger partial charge on any atom is -0.456 e. The Morgan fingerprint density at radius 2 is 1.95 bits per heavy atom. The number of piperidine rings is 1. The van der Waals surface area contributed by atoms with Crippen LogP contribution in [0, 0.1) is 0 Å². The average molecular weight is 527 g/mol. The Hall–Kier alpha value is -4.57. The lowest BCUT2D eigenvalue weighted by Gasteiger charge is -2.31. The van der Waals surface area contributed by atoms with Crippen molar-refractivity contribution in [3.8, 4) is 22.8 Å². The molecule has 1 aliphatic heterocycles. The largest absolute Gasteiger partial charge is 0.456 e. The second-order valence-electron chi connectivity index (χ2n) is 9.03. The van der Waals surface area contributed by atoms with Crippen LogP contribution in [0.3, 0.4) is 0 Å². The SMILES string of the molecule is C=CC(=O)N1CCC(c2cc3c(N)ncnc3c(-c3ccc(Oc4ccn5ncnc5c4)c(Cl)c3)n2)CC1. The molecule has 6 rings (SSSR count). The van der Waals surface area contributed by atoms with Gasteiger partial charge in [-0.2, -0.15) is 5.10 Å². The van der Waals surface area contributed by atoms with Crippen molar-refractivity contribution in [2.75, 3.05) is 18.8 Å². The van der Waals surface area contributed by atoms with E-state index in [1.165, 1.54) is 18.7 Å². The van der Waals surface area contributed by atoms with E-state index >= 15 is 0 Å². The van der Waals surface area contributed by atoms with Crippen molar-refractivity contribution in [2.24, 2.45) is 0 Å². The number of benzene rings is 1. The van der Waals surface area contributed by atoms with Crippen LogP contribution in [0.25, 0.3) is 27.8 Å². The van der Waals surface area contributed by atoms with Gasteiger partial charge in [0.25, 0.3) is 0 Å². The van der Waals surface area contributed by atoms with Gasteiger partial charge < -0.3 is 15.4 Å². The predicted molar refractivity (Wildman–Crippen MR) is 144 cm³/mol. The second kappa shape index (κ2) is 9.71. The van der Waals surface area contributed by atoms with Gasteiger partial charge in [-0.3, -0.25) is 9.78 Å². The molecule has 1 aliphatic rings. The molecule has 0 aliphatic carbocycles. The van der Waals surface area contributed by atoms with Crippen LogP contribution in [0.1, 0.15) is 24.5 Å². The van der Waals surface area contributed by atoms with Gasteiger partial charge in [0.2, 0.25) is 5.91 Å². The van der Waals surface area contributed by atoms with E-state index < -0.39 is 0 Å². The maximum Gasteiger partial charge on any atom is 0.245 e. The summed E-state index contributed by atoms with van der Waals surface area (Å²) < 4.78 is 7.67. The summed E-state index contributed by atoms with van der Waals surface area (Å²) in [5, 5.41) is 5.24. The number of likely N-dealkylation sites (tertiary alicyclic amines) is 1. The Balaban J connectivity index is 1.34. The van der Waals surface area contributed by atoms with Crippen LogP contribution in [0.2, 0.25) is 5.02 Å². The highest BCUT2D eigenvalue weighted by Crippen LogP contribution is 2.37. The van der Waals surface area contributed by atoms with Gasteiger partial charge in [-0.25, -0.2) is 19.5 Å². The minimum atomic E-state index is -0.0495. The summed E-state index contributed by atoms with van der Waals surface area (Å²) in [6.07, 6.45) is 7.61. The highest BCUT2D eigenvalue weighted by Gasteiger charge is 2.25. The van der Waals surface area contributed by atoms with E-state index in [1.54, 1.807) is 28.9 Å². The van der Waals surface area contributed by atoms with E-state index in [-0.39, 0.29) is 11.8 Å². The molecule has 10 nitrogen and oxygen atoms in total. The van der Waals surface area contributed by atoms with Gasteiger partial charge in [-0.15, -0.1) is 0 Å². The summed E-state index contributed by atoms with van der Waals surface area (Å²) in [5.41, 5.74) is 9.89. The highest BCUT2D eigenvalue weighted by molar-refractivity contribution is 6.32. The Kier molecular flexibility index (Phi) is 6.09. The van der Waals surface area contributed by atoms with Crippen LogP contribution in [0.15, 0.2) is 67.9 Å². The lowest BCUT2D eigenvalue weighted by Crippen LogP contribution is -2.37. The van der Waals surface area contributed by atoms with Crippen molar-refractivity contribution in [1.82, 2.24) is 34.4 Å². The van der Waals surface area contributed by atoms with Crippen molar-refractivity contribution < 1.29 is 9.53 Å². The molecule has 1 fully saturated rings. The van der Waals surface area contributed by atoms with Crippen molar-refractivity contribution >= 4 is 39.9 Å². The van der Waals surface area contributed by atoms with Gasteiger partial charge in [-0.1, -0.05) is 18.2 Å². The summed E-state index contributed by atoms with van der Waals surface area (Å²) in [4.78, 5) is 31.7. The lowest BCUT2D eigenvalue weighted by atomic mass is 9.91. The van der Waals surface area contributed by atoms with Gasteiger partial charge in [0.05, 0.1) is 10.7 Å². The average Bonchev–Trinajstić information content (AvgIpc) is 3.42. The van der Waals surface area contributed by atoms with E-state index in [2.05, 4.69) is 26.6 Å². The van der Waals surface area contributed by atoms with Crippen molar-refractivity contribution in [3.05, 3.63) is 78.6 Å².